The molecule has 31 heavy (non-hydrogen) atoms. The molecule has 1 aliphatic carbocycles. The van der Waals surface area contributed by atoms with E-state index in [-0.39, 0.29) is 29.5 Å². The number of amides is 1. The molecule has 0 spiro atoms. The van der Waals surface area contributed by atoms with Crippen molar-refractivity contribution in [2.75, 3.05) is 5.32 Å². The number of rotatable bonds is 6. The summed E-state index contributed by atoms with van der Waals surface area (Å²) in [6, 6.07) is 9.92. The highest BCUT2D eigenvalue weighted by molar-refractivity contribution is 9.10. The molecule has 1 fully saturated rings. The fraction of sp³-hybridized carbons (Fsp3) is 0.542. The van der Waals surface area contributed by atoms with Gasteiger partial charge in [0.05, 0.1) is 11.9 Å². The third-order valence-corrected chi connectivity index (χ3v) is 8.19. The van der Waals surface area contributed by atoms with E-state index in [1.807, 2.05) is 30.3 Å². The number of hydrogen-bond donors (Lipinski definition) is 2. The summed E-state index contributed by atoms with van der Waals surface area (Å²) in [4.78, 5) is 25.1. The molecule has 1 heterocycles. The first-order valence-corrected chi connectivity index (χ1v) is 11.7. The maximum absolute atomic E-state index is 12.8. The number of nitrogens with zero attached hydrogens (tertiary/aromatic N) is 2. The number of nitrogens with one attached hydrogen (secondary N) is 2. The molecule has 0 saturated heterocycles. The van der Waals surface area contributed by atoms with Gasteiger partial charge < -0.3 is 10.6 Å². The van der Waals surface area contributed by atoms with E-state index in [0.717, 1.165) is 12.0 Å². The minimum atomic E-state index is -0.315. The van der Waals surface area contributed by atoms with Crippen molar-refractivity contribution in [2.24, 2.45) is 23.2 Å². The summed E-state index contributed by atoms with van der Waals surface area (Å²) in [5, 5.41) is 10.6. The first kappa shape index (κ1) is 23.5. The number of halogens is 1. The Labute approximate surface area is 192 Å². The van der Waals surface area contributed by atoms with Gasteiger partial charge in [0.15, 0.2) is 0 Å². The quantitative estimate of drug-likeness (QED) is 0.629. The summed E-state index contributed by atoms with van der Waals surface area (Å²) in [5.41, 5.74) is 1.65. The van der Waals surface area contributed by atoms with Gasteiger partial charge in [-0.25, -0.2) is 4.68 Å². The van der Waals surface area contributed by atoms with Gasteiger partial charge in [-0.05, 0) is 51.1 Å². The lowest BCUT2D eigenvalue weighted by atomic mass is 9.58. The van der Waals surface area contributed by atoms with Crippen LogP contribution in [0.3, 0.4) is 0 Å². The highest BCUT2D eigenvalue weighted by atomic mass is 79.9. The predicted molar refractivity (Wildman–Crippen MR) is 128 cm³/mol. The van der Waals surface area contributed by atoms with Crippen LogP contribution in [0, 0.1) is 23.2 Å². The van der Waals surface area contributed by atoms with E-state index >= 15 is 0 Å². The normalized spacial score (nSPS) is 25.1. The molecule has 2 aromatic rings. The van der Waals surface area contributed by atoms with Gasteiger partial charge in [-0.2, -0.15) is 5.10 Å². The molecule has 6 nitrogen and oxygen atoms in total. The summed E-state index contributed by atoms with van der Waals surface area (Å²) >= 11 is 3.43. The summed E-state index contributed by atoms with van der Waals surface area (Å²) in [6.07, 6.45) is 2.67. The second kappa shape index (κ2) is 9.55. The molecule has 1 saturated carbocycles. The van der Waals surface area contributed by atoms with Crippen LogP contribution in [0.15, 0.2) is 45.8 Å². The van der Waals surface area contributed by atoms with Crippen molar-refractivity contribution in [2.45, 2.75) is 60.2 Å². The second-order valence-electron chi connectivity index (χ2n) is 9.45. The van der Waals surface area contributed by atoms with Crippen molar-refractivity contribution < 1.29 is 4.79 Å². The van der Waals surface area contributed by atoms with E-state index in [4.69, 9.17) is 0 Å². The molecule has 2 N–H and O–H groups in total. The Hall–Kier alpha value is -2.15. The maximum atomic E-state index is 12.8. The Morgan fingerprint density at radius 2 is 1.90 bits per heavy atom. The third-order valence-electron chi connectivity index (χ3n) is 7.43. The van der Waals surface area contributed by atoms with Crippen LogP contribution in [0.5, 0.6) is 0 Å². The van der Waals surface area contributed by atoms with Gasteiger partial charge in [-0.3, -0.25) is 9.59 Å². The number of aromatic nitrogens is 2. The van der Waals surface area contributed by atoms with Crippen LogP contribution in [0.25, 0.3) is 0 Å². The lowest BCUT2D eigenvalue weighted by molar-refractivity contribution is -0.122. The fourth-order valence-electron chi connectivity index (χ4n) is 4.43. The van der Waals surface area contributed by atoms with Crippen LogP contribution in [0.4, 0.5) is 5.69 Å². The molecule has 1 aromatic carbocycles. The molecule has 0 radical (unpaired) electrons. The number of benzene rings is 1. The summed E-state index contributed by atoms with van der Waals surface area (Å²) in [7, 11) is 0. The van der Waals surface area contributed by atoms with Gasteiger partial charge in [0, 0.05) is 12.6 Å². The predicted octanol–water partition coefficient (Wildman–Crippen LogP) is 4.44. The monoisotopic (exact) mass is 488 g/mol. The van der Waals surface area contributed by atoms with Crippen molar-refractivity contribution in [3.8, 4) is 0 Å². The highest BCUT2D eigenvalue weighted by Crippen LogP contribution is 2.48. The lowest BCUT2D eigenvalue weighted by Gasteiger charge is -2.50. The van der Waals surface area contributed by atoms with Gasteiger partial charge in [-0.1, -0.05) is 65.0 Å². The smallest absolute Gasteiger partial charge is 0.283 e. The van der Waals surface area contributed by atoms with Crippen molar-refractivity contribution in [1.29, 1.82) is 0 Å². The summed E-state index contributed by atoms with van der Waals surface area (Å²) in [5.74, 6) is 1.33. The highest BCUT2D eigenvalue weighted by Gasteiger charge is 2.43. The van der Waals surface area contributed by atoms with Crippen molar-refractivity contribution in [3.05, 3.63) is 56.9 Å². The first-order valence-electron chi connectivity index (χ1n) is 10.9. The minimum Gasteiger partial charge on any atom is -0.380 e. The standard InChI is InChI=1S/C24H33BrN4O2/c1-15-11-19(16(2)17(3)24(15,4)5)28-20-13-27-29(23(31)22(20)25)14-21(30)26-12-18-9-7-6-8-10-18/h6-10,13,15-17,19,28H,11-12,14H2,1-5H3,(H,26,30)/t15-,16+,17+,19+/m0/s1. The lowest BCUT2D eigenvalue weighted by Crippen LogP contribution is -2.48. The van der Waals surface area contributed by atoms with Gasteiger partial charge >= 0.3 is 0 Å². The molecule has 3 rings (SSSR count). The first-order chi connectivity index (χ1) is 14.6. The van der Waals surface area contributed by atoms with Crippen molar-refractivity contribution in [3.63, 3.8) is 0 Å². The largest absolute Gasteiger partial charge is 0.380 e. The molecular weight excluding hydrogens is 456 g/mol. The molecule has 4 atom stereocenters. The van der Waals surface area contributed by atoms with Crippen molar-refractivity contribution in [1.82, 2.24) is 15.1 Å². The SMILES string of the molecule is C[C@@H]1[C@@H](C)C(C)(C)[C@@H](C)C[C@H]1Nc1cnn(CC(=O)NCc2ccccc2)c(=O)c1Br. The average Bonchev–Trinajstić information content (AvgIpc) is 2.75. The Morgan fingerprint density at radius 1 is 1.23 bits per heavy atom. The Morgan fingerprint density at radius 3 is 2.58 bits per heavy atom. The number of carbonyl (C=O) groups is 1. The topological polar surface area (TPSA) is 76.0 Å². The zero-order chi connectivity index (χ0) is 22.8. The average molecular weight is 489 g/mol. The van der Waals surface area contributed by atoms with E-state index in [1.165, 1.54) is 4.68 Å². The Balaban J connectivity index is 1.66. The van der Waals surface area contributed by atoms with Gasteiger partial charge in [0.2, 0.25) is 5.91 Å². The van der Waals surface area contributed by atoms with Gasteiger partial charge in [-0.15, -0.1) is 0 Å². The van der Waals surface area contributed by atoms with E-state index in [1.54, 1.807) is 6.20 Å². The van der Waals surface area contributed by atoms with Crippen LogP contribution in [0.2, 0.25) is 0 Å². The Bertz CT molecular complexity index is 973. The van der Waals surface area contributed by atoms with E-state index < -0.39 is 0 Å². The zero-order valence-electron chi connectivity index (χ0n) is 19.0. The fourth-order valence-corrected chi connectivity index (χ4v) is 4.85. The molecule has 1 aromatic heterocycles. The van der Waals surface area contributed by atoms with Crippen LogP contribution >= 0.6 is 15.9 Å². The van der Waals surface area contributed by atoms with Crippen LogP contribution in [0.1, 0.15) is 46.6 Å². The van der Waals surface area contributed by atoms with Crippen molar-refractivity contribution >= 4 is 27.5 Å². The summed E-state index contributed by atoms with van der Waals surface area (Å²) < 4.78 is 1.60. The molecule has 0 aliphatic heterocycles. The molecule has 168 valence electrons. The zero-order valence-corrected chi connectivity index (χ0v) is 20.6. The van der Waals surface area contributed by atoms with Gasteiger partial charge in [0.25, 0.3) is 5.56 Å². The van der Waals surface area contributed by atoms with E-state index in [9.17, 15) is 9.59 Å². The van der Waals surface area contributed by atoms with E-state index in [0.29, 0.717) is 34.5 Å². The molecule has 7 heteroatoms. The Kier molecular flexibility index (Phi) is 7.24. The van der Waals surface area contributed by atoms with Crippen LogP contribution < -0.4 is 16.2 Å². The summed E-state index contributed by atoms with van der Waals surface area (Å²) in [6.45, 7) is 11.9. The molecule has 0 bridgehead atoms. The molecule has 1 aliphatic rings. The van der Waals surface area contributed by atoms with Gasteiger partial charge in [0.1, 0.15) is 11.0 Å². The number of hydrogen-bond acceptors (Lipinski definition) is 4. The number of anilines is 1. The van der Waals surface area contributed by atoms with E-state index in [2.05, 4.69) is 66.3 Å². The molecule has 1 amide bonds. The molecular formula is C24H33BrN4O2. The van der Waals surface area contributed by atoms with Crippen LogP contribution in [-0.2, 0) is 17.9 Å². The van der Waals surface area contributed by atoms with Crippen LogP contribution in [-0.4, -0.2) is 21.7 Å². The minimum absolute atomic E-state index is 0.118. The molecule has 0 unspecified atom stereocenters. The maximum Gasteiger partial charge on any atom is 0.283 e. The third kappa shape index (κ3) is 5.20. The second-order valence-corrected chi connectivity index (χ2v) is 10.2. The number of carbonyl (C=O) groups excluding carboxylic acids is 1.